The lowest BCUT2D eigenvalue weighted by Gasteiger charge is -2.29. The lowest BCUT2D eigenvalue weighted by molar-refractivity contribution is 0.0671. The molecule has 1 aromatic heterocycles. The van der Waals surface area contributed by atoms with Gasteiger partial charge < -0.3 is 10.2 Å². The predicted octanol–water partition coefficient (Wildman–Crippen LogP) is 2.57. The van der Waals surface area contributed by atoms with Gasteiger partial charge in [0.05, 0.1) is 6.20 Å². The molecule has 2 aliphatic heterocycles. The summed E-state index contributed by atoms with van der Waals surface area (Å²) in [7, 11) is 0. The highest BCUT2D eigenvalue weighted by molar-refractivity contribution is 5.92. The van der Waals surface area contributed by atoms with Crippen LogP contribution in [0.3, 0.4) is 0 Å². The van der Waals surface area contributed by atoms with E-state index in [2.05, 4.69) is 39.6 Å². The van der Waals surface area contributed by atoms with Crippen molar-refractivity contribution in [2.45, 2.75) is 43.8 Å². The molecule has 0 bridgehead atoms. The molecule has 1 amide bonds. The highest BCUT2D eigenvalue weighted by Crippen LogP contribution is 2.34. The van der Waals surface area contributed by atoms with Crippen LogP contribution in [0.1, 0.15) is 47.8 Å². The van der Waals surface area contributed by atoms with Crippen molar-refractivity contribution in [2.75, 3.05) is 6.54 Å². The first-order valence-corrected chi connectivity index (χ1v) is 8.71. The summed E-state index contributed by atoms with van der Waals surface area (Å²) in [5, 5.41) is 3.76. The summed E-state index contributed by atoms with van der Waals surface area (Å²) in [5.41, 5.74) is 1.75. The molecule has 0 radical (unpaired) electrons. The maximum Gasteiger partial charge on any atom is 0.274 e. The van der Waals surface area contributed by atoms with Crippen molar-refractivity contribution < 1.29 is 4.79 Å². The number of aromatic nitrogens is 2. The van der Waals surface area contributed by atoms with E-state index >= 15 is 0 Å². The topological polar surface area (TPSA) is 58.1 Å². The summed E-state index contributed by atoms with van der Waals surface area (Å²) >= 11 is 0. The molecule has 1 aromatic carbocycles. The van der Waals surface area contributed by atoms with E-state index in [9.17, 15) is 4.79 Å². The van der Waals surface area contributed by atoms with Gasteiger partial charge in [-0.3, -0.25) is 9.78 Å². The summed E-state index contributed by atoms with van der Waals surface area (Å²) in [6.45, 7) is 0.805. The van der Waals surface area contributed by atoms with Crippen LogP contribution in [0.4, 0.5) is 0 Å². The summed E-state index contributed by atoms with van der Waals surface area (Å²) < 4.78 is 0. The molecule has 0 unspecified atom stereocenters. The number of hydrogen-bond donors (Lipinski definition) is 1. The quantitative estimate of drug-likeness (QED) is 0.923. The number of carbonyl (C=O) groups is 1. The summed E-state index contributed by atoms with van der Waals surface area (Å²) in [4.78, 5) is 23.2. The summed E-state index contributed by atoms with van der Waals surface area (Å²) in [5.74, 6) is 0.00973. The van der Waals surface area contributed by atoms with Gasteiger partial charge in [0.15, 0.2) is 0 Å². The predicted molar refractivity (Wildman–Crippen MR) is 91.4 cm³/mol. The zero-order valence-corrected chi connectivity index (χ0v) is 13.6. The highest BCUT2D eigenvalue weighted by atomic mass is 16.2. The van der Waals surface area contributed by atoms with E-state index in [-0.39, 0.29) is 11.9 Å². The number of likely N-dealkylation sites (tertiary alicyclic amines) is 1. The first-order chi connectivity index (χ1) is 11.8. The minimum atomic E-state index is 0.00973. The van der Waals surface area contributed by atoms with Gasteiger partial charge in [-0.15, -0.1) is 0 Å². The number of fused-ring (bicyclic) bond motifs is 1. The van der Waals surface area contributed by atoms with E-state index < -0.39 is 0 Å². The smallest absolute Gasteiger partial charge is 0.274 e. The number of hydrogen-bond acceptors (Lipinski definition) is 4. The second-order valence-electron chi connectivity index (χ2n) is 6.62. The molecule has 3 heterocycles. The number of rotatable bonds is 2. The Labute approximate surface area is 142 Å². The lowest BCUT2D eigenvalue weighted by Crippen LogP contribution is -2.46. The van der Waals surface area contributed by atoms with Gasteiger partial charge in [-0.05, 0) is 24.8 Å². The minimum absolute atomic E-state index is 0.00973. The van der Waals surface area contributed by atoms with Gasteiger partial charge in [-0.25, -0.2) is 4.98 Å². The number of nitrogens with one attached hydrogen (secondary N) is 1. The van der Waals surface area contributed by atoms with Crippen molar-refractivity contribution >= 4 is 5.91 Å². The van der Waals surface area contributed by atoms with Crippen molar-refractivity contribution in [1.29, 1.82) is 0 Å². The fraction of sp³-hybridized carbons (Fsp3) is 0.421. The summed E-state index contributed by atoms with van der Waals surface area (Å²) in [6.07, 6.45) is 9.04. The molecule has 0 aliphatic carbocycles. The Morgan fingerprint density at radius 3 is 2.83 bits per heavy atom. The van der Waals surface area contributed by atoms with E-state index in [0.29, 0.717) is 17.8 Å². The maximum absolute atomic E-state index is 12.9. The van der Waals surface area contributed by atoms with Crippen LogP contribution in [-0.4, -0.2) is 39.4 Å². The largest absolute Gasteiger partial charge is 0.333 e. The zero-order valence-electron chi connectivity index (χ0n) is 13.6. The lowest BCUT2D eigenvalue weighted by atomic mass is 10.0. The minimum Gasteiger partial charge on any atom is -0.333 e. The number of amides is 1. The maximum atomic E-state index is 12.9. The second-order valence-corrected chi connectivity index (χ2v) is 6.62. The van der Waals surface area contributed by atoms with E-state index in [0.717, 1.165) is 32.2 Å². The fourth-order valence-electron chi connectivity index (χ4n) is 4.00. The van der Waals surface area contributed by atoms with Crippen LogP contribution in [0.15, 0.2) is 48.9 Å². The molecule has 2 aliphatic rings. The van der Waals surface area contributed by atoms with Gasteiger partial charge >= 0.3 is 0 Å². The Bertz CT molecular complexity index is 691. The van der Waals surface area contributed by atoms with Crippen molar-refractivity contribution in [3.8, 4) is 0 Å². The highest BCUT2D eigenvalue weighted by Gasteiger charge is 2.41. The molecule has 3 atom stereocenters. The first kappa shape index (κ1) is 15.3. The van der Waals surface area contributed by atoms with E-state index in [1.54, 1.807) is 18.6 Å². The van der Waals surface area contributed by atoms with Gasteiger partial charge in [0.1, 0.15) is 5.69 Å². The van der Waals surface area contributed by atoms with Crippen molar-refractivity contribution in [2.24, 2.45) is 0 Å². The van der Waals surface area contributed by atoms with Crippen LogP contribution in [0.2, 0.25) is 0 Å². The molecule has 2 fully saturated rings. The molecule has 24 heavy (non-hydrogen) atoms. The Morgan fingerprint density at radius 2 is 2.04 bits per heavy atom. The van der Waals surface area contributed by atoms with Gasteiger partial charge in [-0.1, -0.05) is 36.8 Å². The van der Waals surface area contributed by atoms with Crippen LogP contribution in [0.25, 0.3) is 0 Å². The molecule has 4 rings (SSSR count). The third-order valence-electron chi connectivity index (χ3n) is 5.17. The third kappa shape index (κ3) is 2.91. The van der Waals surface area contributed by atoms with Crippen LogP contribution in [0.5, 0.6) is 0 Å². The Balaban J connectivity index is 1.58. The van der Waals surface area contributed by atoms with Gasteiger partial charge in [0.25, 0.3) is 5.91 Å². The van der Waals surface area contributed by atoms with Crippen molar-refractivity contribution in [3.63, 3.8) is 0 Å². The molecule has 2 aromatic rings. The van der Waals surface area contributed by atoms with Gasteiger partial charge in [-0.2, -0.15) is 0 Å². The normalized spacial score (nSPS) is 26.7. The Morgan fingerprint density at radius 1 is 1.17 bits per heavy atom. The number of nitrogens with zero attached hydrogens (tertiary/aromatic N) is 3. The standard InChI is InChI=1S/C19H22N4O/c24-19(17-13-20-9-10-21-17)23-11-5-4-8-15-18(23)12-16(22-15)14-6-2-1-3-7-14/h1-3,6-7,9-10,13,15-16,18,22H,4-5,8,11-12H2/t15-,16-,18+/m0/s1. The van der Waals surface area contributed by atoms with Crippen LogP contribution >= 0.6 is 0 Å². The second kappa shape index (κ2) is 6.69. The molecule has 124 valence electrons. The Kier molecular flexibility index (Phi) is 4.26. The van der Waals surface area contributed by atoms with Crippen LogP contribution in [0, 0.1) is 0 Å². The monoisotopic (exact) mass is 322 g/mol. The molecule has 5 nitrogen and oxygen atoms in total. The SMILES string of the molecule is O=C(c1cnccn1)N1CCCC[C@@H]2N[C@H](c3ccccc3)C[C@H]21. The van der Waals surface area contributed by atoms with Gasteiger partial charge in [0, 0.05) is 37.1 Å². The van der Waals surface area contributed by atoms with E-state index in [4.69, 9.17) is 0 Å². The van der Waals surface area contributed by atoms with Crippen LogP contribution < -0.4 is 5.32 Å². The number of benzene rings is 1. The average molecular weight is 322 g/mol. The average Bonchev–Trinajstić information content (AvgIpc) is 2.97. The molecule has 0 spiro atoms. The Hall–Kier alpha value is -2.27. The number of carbonyl (C=O) groups excluding carboxylic acids is 1. The van der Waals surface area contributed by atoms with E-state index in [1.807, 2.05) is 11.0 Å². The molecular formula is C19H22N4O. The summed E-state index contributed by atoms with van der Waals surface area (Å²) in [6, 6.07) is 11.4. The fourth-order valence-corrected chi connectivity index (χ4v) is 4.00. The molecule has 0 saturated carbocycles. The first-order valence-electron chi connectivity index (χ1n) is 8.71. The van der Waals surface area contributed by atoms with Gasteiger partial charge in [0.2, 0.25) is 0 Å². The molecule has 1 N–H and O–H groups in total. The van der Waals surface area contributed by atoms with Crippen molar-refractivity contribution in [1.82, 2.24) is 20.2 Å². The van der Waals surface area contributed by atoms with Crippen molar-refractivity contribution in [3.05, 3.63) is 60.2 Å². The zero-order chi connectivity index (χ0) is 16.4. The molecule has 2 saturated heterocycles. The van der Waals surface area contributed by atoms with E-state index in [1.165, 1.54) is 5.56 Å². The molecule has 5 heteroatoms. The molecular weight excluding hydrogens is 300 g/mol. The van der Waals surface area contributed by atoms with Crippen LogP contribution in [-0.2, 0) is 0 Å². The third-order valence-corrected chi connectivity index (χ3v) is 5.17.